The number of aryl methyl sites for hydroxylation is 1. The molecule has 1 atom stereocenters. The van der Waals surface area contributed by atoms with Crippen molar-refractivity contribution in [2.24, 2.45) is 0 Å². The van der Waals surface area contributed by atoms with Gasteiger partial charge in [-0.05, 0) is 26.7 Å². The highest BCUT2D eigenvalue weighted by Crippen LogP contribution is 2.33. The molecule has 0 saturated carbocycles. The minimum absolute atomic E-state index is 0.126. The Hall–Kier alpha value is -0.500. The van der Waals surface area contributed by atoms with Gasteiger partial charge in [0.2, 0.25) is 0 Å². The first kappa shape index (κ1) is 17.6. The van der Waals surface area contributed by atoms with E-state index < -0.39 is 0 Å². The van der Waals surface area contributed by atoms with Crippen molar-refractivity contribution in [3.8, 4) is 0 Å². The van der Waals surface area contributed by atoms with Gasteiger partial charge in [0.05, 0.1) is 12.0 Å². The van der Waals surface area contributed by atoms with Gasteiger partial charge >= 0.3 is 0 Å². The van der Waals surface area contributed by atoms with Gasteiger partial charge in [-0.2, -0.15) is 0 Å². The highest BCUT2D eigenvalue weighted by atomic mass is 35.5. The number of aromatic nitrogens is 2. The second-order valence-electron chi connectivity index (χ2n) is 6.26. The third-order valence-corrected chi connectivity index (χ3v) is 4.80. The largest absolute Gasteiger partial charge is 0.316 e. The van der Waals surface area contributed by atoms with Crippen LogP contribution >= 0.6 is 11.6 Å². The maximum absolute atomic E-state index is 6.44. The molecule has 3 heteroatoms. The van der Waals surface area contributed by atoms with Gasteiger partial charge in [0, 0.05) is 5.54 Å². The average Bonchev–Trinajstić information content (AvgIpc) is 2.77. The Morgan fingerprint density at radius 1 is 1.05 bits per heavy atom. The third kappa shape index (κ3) is 4.80. The van der Waals surface area contributed by atoms with Crippen LogP contribution in [0.2, 0.25) is 5.15 Å². The van der Waals surface area contributed by atoms with Crippen LogP contribution in [0.25, 0.3) is 0 Å². The van der Waals surface area contributed by atoms with Crippen LogP contribution in [-0.2, 0) is 5.54 Å². The van der Waals surface area contributed by atoms with Gasteiger partial charge in [-0.1, -0.05) is 70.4 Å². The lowest BCUT2D eigenvalue weighted by atomic mass is 9.88. The van der Waals surface area contributed by atoms with Crippen LogP contribution in [0, 0.1) is 6.92 Å². The van der Waals surface area contributed by atoms with Crippen molar-refractivity contribution in [2.45, 2.75) is 91.0 Å². The van der Waals surface area contributed by atoms with Gasteiger partial charge in [0.1, 0.15) is 5.15 Å². The number of nitrogens with zero attached hydrogens (tertiary/aromatic N) is 2. The fraction of sp³-hybridized carbons (Fsp3) is 0.824. The lowest BCUT2D eigenvalue weighted by Crippen LogP contribution is -2.30. The van der Waals surface area contributed by atoms with Crippen LogP contribution in [0.5, 0.6) is 0 Å². The van der Waals surface area contributed by atoms with Gasteiger partial charge in [0.15, 0.2) is 0 Å². The summed E-state index contributed by atoms with van der Waals surface area (Å²) in [5, 5.41) is 0.817. The van der Waals surface area contributed by atoms with Crippen molar-refractivity contribution >= 4 is 11.6 Å². The molecule has 0 aliphatic rings. The minimum Gasteiger partial charge on any atom is -0.316 e. The predicted octanol–water partition coefficient (Wildman–Crippen LogP) is 6.11. The topological polar surface area (TPSA) is 17.8 Å². The van der Waals surface area contributed by atoms with Gasteiger partial charge in [-0.15, -0.1) is 0 Å². The number of hydrogen-bond acceptors (Lipinski definition) is 1. The Balaban J connectivity index is 2.68. The lowest BCUT2D eigenvalue weighted by Gasteiger charge is -2.32. The molecule has 0 amide bonds. The second kappa shape index (κ2) is 8.71. The van der Waals surface area contributed by atoms with Crippen LogP contribution in [-0.4, -0.2) is 9.55 Å². The summed E-state index contributed by atoms with van der Waals surface area (Å²) in [6.07, 6.45) is 13.4. The molecule has 0 aliphatic carbocycles. The summed E-state index contributed by atoms with van der Waals surface area (Å²) < 4.78 is 2.21. The van der Waals surface area contributed by atoms with E-state index in [0.29, 0.717) is 0 Å². The first-order valence-corrected chi connectivity index (χ1v) is 8.63. The molecule has 0 aromatic carbocycles. The first-order valence-electron chi connectivity index (χ1n) is 8.25. The Morgan fingerprint density at radius 2 is 1.65 bits per heavy atom. The molecule has 0 aliphatic heterocycles. The van der Waals surface area contributed by atoms with Gasteiger partial charge in [-0.3, -0.25) is 0 Å². The van der Waals surface area contributed by atoms with E-state index >= 15 is 0 Å². The molecular formula is C17H31ClN2. The fourth-order valence-corrected chi connectivity index (χ4v) is 3.13. The van der Waals surface area contributed by atoms with Crippen LogP contribution in [0.4, 0.5) is 0 Å². The lowest BCUT2D eigenvalue weighted by molar-refractivity contribution is 0.253. The van der Waals surface area contributed by atoms with Crippen LogP contribution in [0.15, 0.2) is 6.33 Å². The Labute approximate surface area is 129 Å². The van der Waals surface area contributed by atoms with Crippen molar-refractivity contribution in [1.82, 2.24) is 9.55 Å². The summed E-state index contributed by atoms with van der Waals surface area (Å²) in [4.78, 5) is 4.38. The molecule has 1 aromatic heterocycles. The van der Waals surface area contributed by atoms with E-state index in [9.17, 15) is 0 Å². The fourth-order valence-electron chi connectivity index (χ4n) is 2.83. The zero-order valence-electron chi connectivity index (χ0n) is 13.7. The maximum Gasteiger partial charge on any atom is 0.132 e. The molecule has 20 heavy (non-hydrogen) atoms. The van der Waals surface area contributed by atoms with Crippen molar-refractivity contribution in [2.75, 3.05) is 0 Å². The van der Waals surface area contributed by atoms with Crippen molar-refractivity contribution in [3.05, 3.63) is 17.2 Å². The third-order valence-electron chi connectivity index (χ3n) is 4.35. The normalized spacial score (nSPS) is 14.4. The molecule has 0 N–H and O–H groups in total. The molecule has 1 rings (SSSR count). The molecule has 116 valence electrons. The first-order chi connectivity index (χ1) is 9.55. The van der Waals surface area contributed by atoms with Crippen molar-refractivity contribution in [3.63, 3.8) is 0 Å². The molecule has 0 spiro atoms. The Kier molecular flexibility index (Phi) is 7.65. The highest BCUT2D eigenvalue weighted by molar-refractivity contribution is 6.30. The summed E-state index contributed by atoms with van der Waals surface area (Å²) in [6, 6.07) is 0. The summed E-state index contributed by atoms with van der Waals surface area (Å²) >= 11 is 6.44. The Morgan fingerprint density at radius 3 is 2.20 bits per heavy atom. The molecule has 1 heterocycles. The summed E-state index contributed by atoms with van der Waals surface area (Å²) in [6.45, 7) is 8.84. The van der Waals surface area contributed by atoms with E-state index in [2.05, 4.69) is 30.3 Å². The highest BCUT2D eigenvalue weighted by Gasteiger charge is 2.27. The average molecular weight is 299 g/mol. The molecule has 1 unspecified atom stereocenters. The molecular weight excluding hydrogens is 268 g/mol. The number of hydrogen-bond donors (Lipinski definition) is 0. The maximum atomic E-state index is 6.44. The van der Waals surface area contributed by atoms with Crippen LogP contribution < -0.4 is 0 Å². The predicted molar refractivity (Wildman–Crippen MR) is 88.5 cm³/mol. The van der Waals surface area contributed by atoms with Gasteiger partial charge in [0.25, 0.3) is 0 Å². The van der Waals surface area contributed by atoms with Crippen LogP contribution in [0.3, 0.4) is 0 Å². The van der Waals surface area contributed by atoms with E-state index in [1.165, 1.54) is 57.8 Å². The van der Waals surface area contributed by atoms with Crippen LogP contribution in [0.1, 0.15) is 84.3 Å². The molecule has 1 aromatic rings. The molecule has 2 nitrogen and oxygen atoms in total. The summed E-state index contributed by atoms with van der Waals surface area (Å²) in [5.74, 6) is 0. The number of imidazole rings is 1. The smallest absolute Gasteiger partial charge is 0.132 e. The summed E-state index contributed by atoms with van der Waals surface area (Å²) in [7, 11) is 0. The zero-order chi connectivity index (χ0) is 15.0. The van der Waals surface area contributed by atoms with E-state index in [4.69, 9.17) is 11.6 Å². The van der Waals surface area contributed by atoms with Crippen molar-refractivity contribution in [1.29, 1.82) is 0 Å². The van der Waals surface area contributed by atoms with E-state index in [-0.39, 0.29) is 5.54 Å². The number of unbranched alkanes of at least 4 members (excludes halogenated alkanes) is 5. The number of rotatable bonds is 10. The molecule has 0 radical (unpaired) electrons. The molecule has 0 fully saturated rings. The van der Waals surface area contributed by atoms with Gasteiger partial charge in [-0.25, -0.2) is 4.98 Å². The SMILES string of the molecule is CCCCCCCC(C)(CCCC)n1cnc(C)c1Cl. The standard InChI is InChI=1S/C17H31ClN2/c1-5-7-9-10-11-13-17(4,12-8-6-2)20-14-19-15(3)16(20)18/h14H,5-13H2,1-4H3. The monoisotopic (exact) mass is 298 g/mol. The summed E-state index contributed by atoms with van der Waals surface area (Å²) in [5.41, 5.74) is 1.07. The second-order valence-corrected chi connectivity index (χ2v) is 6.61. The van der Waals surface area contributed by atoms with E-state index in [0.717, 1.165) is 10.8 Å². The zero-order valence-corrected chi connectivity index (χ0v) is 14.5. The molecule has 0 saturated heterocycles. The Bertz CT molecular complexity index is 386. The quantitative estimate of drug-likeness (QED) is 0.476. The van der Waals surface area contributed by atoms with E-state index in [1.807, 2.05) is 13.3 Å². The van der Waals surface area contributed by atoms with Gasteiger partial charge < -0.3 is 4.57 Å². The molecule has 0 bridgehead atoms. The minimum atomic E-state index is 0.126. The van der Waals surface area contributed by atoms with E-state index in [1.54, 1.807) is 0 Å². The number of halogens is 1. The van der Waals surface area contributed by atoms with Crippen molar-refractivity contribution < 1.29 is 0 Å².